The summed E-state index contributed by atoms with van der Waals surface area (Å²) < 4.78 is 50.7. The monoisotopic (exact) mass is 464 g/mol. The van der Waals surface area contributed by atoms with E-state index in [4.69, 9.17) is 0 Å². The van der Waals surface area contributed by atoms with Crippen LogP contribution in [0.1, 0.15) is 36.1 Å². The van der Waals surface area contributed by atoms with Gasteiger partial charge in [0.15, 0.2) is 9.84 Å². The van der Waals surface area contributed by atoms with Gasteiger partial charge in [0, 0.05) is 26.4 Å². The number of hydroxylamine groups is 2. The molecular formula is C22H28N2O5S2. The van der Waals surface area contributed by atoms with Crippen LogP contribution in [0, 0.1) is 11.8 Å². The van der Waals surface area contributed by atoms with E-state index in [9.17, 15) is 22.0 Å². The molecule has 0 aliphatic rings. The van der Waals surface area contributed by atoms with Crippen LogP contribution >= 0.6 is 0 Å². The third-order valence-corrected chi connectivity index (χ3v) is 7.02. The average Bonchev–Trinajstić information content (AvgIpc) is 2.71. The lowest BCUT2D eigenvalue weighted by Crippen LogP contribution is -2.28. The van der Waals surface area contributed by atoms with Gasteiger partial charge in [-0.3, -0.25) is 0 Å². The summed E-state index contributed by atoms with van der Waals surface area (Å²) in [5.74, 6) is 5.70. The van der Waals surface area contributed by atoms with Gasteiger partial charge in [-0.1, -0.05) is 49.2 Å². The Balaban J connectivity index is 2.16. The van der Waals surface area contributed by atoms with Crippen molar-refractivity contribution in [2.75, 3.05) is 19.1 Å². The van der Waals surface area contributed by atoms with Gasteiger partial charge in [-0.25, -0.2) is 21.6 Å². The van der Waals surface area contributed by atoms with E-state index in [1.54, 1.807) is 48.5 Å². The molecule has 0 fully saturated rings. The van der Waals surface area contributed by atoms with Crippen LogP contribution in [0.15, 0.2) is 53.4 Å². The molecule has 0 heterocycles. The molecule has 31 heavy (non-hydrogen) atoms. The van der Waals surface area contributed by atoms with Crippen LogP contribution in [-0.4, -0.2) is 46.2 Å². The van der Waals surface area contributed by atoms with Crippen molar-refractivity contribution in [2.45, 2.75) is 37.2 Å². The van der Waals surface area contributed by atoms with Gasteiger partial charge in [0.05, 0.1) is 22.9 Å². The van der Waals surface area contributed by atoms with Gasteiger partial charge in [-0.15, -0.1) is 5.92 Å². The Bertz CT molecular complexity index is 1130. The van der Waals surface area contributed by atoms with Crippen molar-refractivity contribution in [1.29, 1.82) is 0 Å². The van der Waals surface area contributed by atoms with Gasteiger partial charge in [0.1, 0.15) is 0 Å². The highest BCUT2D eigenvalue weighted by Gasteiger charge is 2.25. The predicted molar refractivity (Wildman–Crippen MR) is 121 cm³/mol. The van der Waals surface area contributed by atoms with Crippen LogP contribution in [0.2, 0.25) is 0 Å². The summed E-state index contributed by atoms with van der Waals surface area (Å²) in [6.45, 7) is 2.10. The zero-order valence-electron chi connectivity index (χ0n) is 17.9. The van der Waals surface area contributed by atoms with Crippen molar-refractivity contribution >= 4 is 19.9 Å². The smallest absolute Gasteiger partial charge is 0.209 e. The molecule has 168 valence electrons. The topological polar surface area (TPSA) is 104 Å². The molecule has 2 N–H and O–H groups in total. The Morgan fingerprint density at radius 2 is 1.55 bits per heavy atom. The zero-order valence-corrected chi connectivity index (χ0v) is 19.5. The molecule has 2 aromatic carbocycles. The van der Waals surface area contributed by atoms with Crippen LogP contribution in [-0.2, 0) is 32.8 Å². The second-order valence-corrected chi connectivity index (χ2v) is 11.1. The zero-order chi connectivity index (χ0) is 23.1. The van der Waals surface area contributed by atoms with Crippen molar-refractivity contribution in [1.82, 2.24) is 9.79 Å². The quantitative estimate of drug-likeness (QED) is 0.437. The molecule has 0 saturated carbocycles. The number of hydrogen-bond donors (Lipinski definition) is 2. The van der Waals surface area contributed by atoms with Crippen molar-refractivity contribution in [3.8, 4) is 11.8 Å². The first-order chi connectivity index (χ1) is 14.5. The lowest BCUT2D eigenvalue weighted by molar-refractivity contribution is -0.0973. The fourth-order valence-electron chi connectivity index (χ4n) is 2.90. The summed E-state index contributed by atoms with van der Waals surface area (Å²) >= 11 is 0. The Kier molecular flexibility index (Phi) is 8.79. The van der Waals surface area contributed by atoms with Crippen molar-refractivity contribution < 1.29 is 22.0 Å². The third kappa shape index (κ3) is 8.09. The molecule has 0 amide bonds. The minimum atomic E-state index is -3.66. The molecular weight excluding hydrogens is 436 g/mol. The number of benzene rings is 2. The Hall–Kier alpha value is -2.22. The highest BCUT2D eigenvalue weighted by atomic mass is 32.2. The second kappa shape index (κ2) is 10.9. The molecule has 2 rings (SSSR count). The van der Waals surface area contributed by atoms with Gasteiger partial charge in [-0.2, -0.15) is 5.06 Å². The Labute approximate surface area is 185 Å². The lowest BCUT2D eigenvalue weighted by Gasteiger charge is -2.23. The summed E-state index contributed by atoms with van der Waals surface area (Å²) in [7, 11) is -5.58. The number of nitrogens with zero attached hydrogens (tertiary/aromatic N) is 1. The SMILES string of the molecule is CCC#CCc1ccc(S(=O)(=O)CC(c2ccc(CNS(C)(=O)=O)cc2)N(C)O)cc1. The molecule has 9 heteroatoms. The van der Waals surface area contributed by atoms with E-state index in [-0.39, 0.29) is 17.2 Å². The van der Waals surface area contributed by atoms with E-state index in [1.807, 2.05) is 6.92 Å². The van der Waals surface area contributed by atoms with Crippen molar-refractivity contribution in [3.05, 3.63) is 65.2 Å². The van der Waals surface area contributed by atoms with Crippen LogP contribution < -0.4 is 4.72 Å². The van der Waals surface area contributed by atoms with E-state index < -0.39 is 25.9 Å². The minimum absolute atomic E-state index is 0.131. The number of sulfonamides is 1. The van der Waals surface area contributed by atoms with Gasteiger partial charge in [-0.05, 0) is 28.8 Å². The van der Waals surface area contributed by atoms with Crippen LogP contribution in [0.5, 0.6) is 0 Å². The Morgan fingerprint density at radius 1 is 0.968 bits per heavy atom. The molecule has 0 aromatic heterocycles. The Morgan fingerprint density at radius 3 is 2.06 bits per heavy atom. The van der Waals surface area contributed by atoms with E-state index >= 15 is 0 Å². The number of sulfone groups is 1. The van der Waals surface area contributed by atoms with E-state index in [1.165, 1.54) is 7.05 Å². The first kappa shape index (κ1) is 25.0. The average molecular weight is 465 g/mol. The summed E-state index contributed by atoms with van der Waals surface area (Å²) in [5.41, 5.74) is 2.26. The number of nitrogens with one attached hydrogen (secondary N) is 1. The summed E-state index contributed by atoms with van der Waals surface area (Å²) in [6, 6.07) is 12.6. The summed E-state index contributed by atoms with van der Waals surface area (Å²) in [6.07, 6.45) is 2.42. The molecule has 0 aliphatic heterocycles. The van der Waals surface area contributed by atoms with Gasteiger partial charge in [0.25, 0.3) is 0 Å². The maximum Gasteiger partial charge on any atom is 0.209 e. The molecule has 2 aromatic rings. The standard InChI is InChI=1S/C22H28N2O5S2/c1-4-5-6-7-18-10-14-21(15-11-18)31(28,29)17-22(24(2)25)20-12-8-19(9-13-20)16-23-30(3,26)27/h8-15,22-23,25H,4,7,16-17H2,1-3H3. The van der Waals surface area contributed by atoms with Crippen molar-refractivity contribution in [2.24, 2.45) is 0 Å². The van der Waals surface area contributed by atoms with Crippen LogP contribution in [0.4, 0.5) is 0 Å². The van der Waals surface area contributed by atoms with Crippen LogP contribution in [0.25, 0.3) is 0 Å². The summed E-state index contributed by atoms with van der Waals surface area (Å²) in [4.78, 5) is 0.181. The third-order valence-electron chi connectivity index (χ3n) is 4.61. The molecule has 0 radical (unpaired) electrons. The van der Waals surface area contributed by atoms with Gasteiger partial charge >= 0.3 is 0 Å². The number of hydrogen-bond acceptors (Lipinski definition) is 6. The van der Waals surface area contributed by atoms with Gasteiger partial charge in [0.2, 0.25) is 10.0 Å². The lowest BCUT2D eigenvalue weighted by atomic mass is 10.1. The predicted octanol–water partition coefficient (Wildman–Crippen LogP) is 2.53. The molecule has 0 saturated heterocycles. The highest BCUT2D eigenvalue weighted by molar-refractivity contribution is 7.91. The molecule has 7 nitrogen and oxygen atoms in total. The summed E-state index contributed by atoms with van der Waals surface area (Å²) in [5, 5.41) is 11.0. The fourth-order valence-corrected chi connectivity index (χ4v) is 4.90. The molecule has 1 atom stereocenters. The van der Waals surface area contributed by atoms with E-state index in [2.05, 4.69) is 16.6 Å². The molecule has 1 unspecified atom stereocenters. The highest BCUT2D eigenvalue weighted by Crippen LogP contribution is 2.24. The van der Waals surface area contributed by atoms with E-state index in [0.717, 1.165) is 28.9 Å². The molecule has 0 aliphatic carbocycles. The maximum absolute atomic E-state index is 12.9. The number of rotatable bonds is 9. The molecule has 0 bridgehead atoms. The first-order valence-corrected chi connectivity index (χ1v) is 13.3. The minimum Gasteiger partial charge on any atom is -0.314 e. The molecule has 0 spiro atoms. The largest absolute Gasteiger partial charge is 0.314 e. The van der Waals surface area contributed by atoms with Gasteiger partial charge < -0.3 is 5.21 Å². The second-order valence-electron chi connectivity index (χ2n) is 7.23. The van der Waals surface area contributed by atoms with Crippen molar-refractivity contribution in [3.63, 3.8) is 0 Å². The van der Waals surface area contributed by atoms with E-state index in [0.29, 0.717) is 12.0 Å². The first-order valence-electron chi connectivity index (χ1n) is 9.74. The maximum atomic E-state index is 12.9. The normalized spacial score (nSPS) is 12.9. The fraction of sp³-hybridized carbons (Fsp3) is 0.364. The van der Waals surface area contributed by atoms with Crippen LogP contribution in [0.3, 0.4) is 0 Å².